The Morgan fingerprint density at radius 2 is 2.29 bits per heavy atom. The van der Waals surface area contributed by atoms with Crippen LogP contribution in [0.25, 0.3) is 0 Å². The molecule has 0 unspecified atom stereocenters. The summed E-state index contributed by atoms with van der Waals surface area (Å²) in [7, 11) is 0. The molecular formula is C7H9F2N3OS. The van der Waals surface area contributed by atoms with Gasteiger partial charge in [0.2, 0.25) is 0 Å². The maximum atomic E-state index is 13.0. The lowest BCUT2D eigenvalue weighted by Gasteiger charge is -2.20. The Balaban J connectivity index is 2.16. The van der Waals surface area contributed by atoms with E-state index in [4.69, 9.17) is 5.73 Å². The Hall–Kier alpha value is -0.690. The molecule has 1 aliphatic rings. The highest BCUT2D eigenvalue weighted by atomic mass is 32.2. The second-order valence-electron chi connectivity index (χ2n) is 3.10. The summed E-state index contributed by atoms with van der Waals surface area (Å²) in [5.74, 6) is -1.62. The third-order valence-electron chi connectivity index (χ3n) is 2.01. The van der Waals surface area contributed by atoms with Crippen LogP contribution in [0.1, 0.15) is 17.6 Å². The largest absolute Gasteiger partial charge is 0.336 e. The summed E-state index contributed by atoms with van der Waals surface area (Å²) in [6.45, 7) is -0.811. The average molecular weight is 221 g/mol. The van der Waals surface area contributed by atoms with Crippen molar-refractivity contribution in [3.63, 3.8) is 0 Å². The molecule has 78 valence electrons. The summed E-state index contributed by atoms with van der Waals surface area (Å²) in [6, 6.07) is 0. The van der Waals surface area contributed by atoms with Crippen LogP contribution in [0.3, 0.4) is 0 Å². The van der Waals surface area contributed by atoms with Crippen LogP contribution in [0, 0.1) is 0 Å². The maximum absolute atomic E-state index is 13.0. The van der Waals surface area contributed by atoms with Gasteiger partial charge in [0.15, 0.2) is 5.82 Å². The van der Waals surface area contributed by atoms with Gasteiger partial charge in [0, 0.05) is 17.4 Å². The van der Waals surface area contributed by atoms with Gasteiger partial charge in [-0.2, -0.15) is 25.5 Å². The Kier molecular flexibility index (Phi) is 2.44. The van der Waals surface area contributed by atoms with Crippen LogP contribution >= 0.6 is 11.8 Å². The highest BCUT2D eigenvalue weighted by Gasteiger charge is 2.38. The first kappa shape index (κ1) is 9.85. The Morgan fingerprint density at radius 1 is 1.57 bits per heavy atom. The molecule has 1 aromatic rings. The molecule has 0 aromatic carbocycles. The van der Waals surface area contributed by atoms with E-state index >= 15 is 0 Å². The molecule has 0 amide bonds. The van der Waals surface area contributed by atoms with Gasteiger partial charge in [-0.05, 0) is 0 Å². The Labute approximate surface area is 83.2 Å². The van der Waals surface area contributed by atoms with Crippen LogP contribution < -0.4 is 5.73 Å². The fraction of sp³-hybridized carbons (Fsp3) is 0.714. The summed E-state index contributed by atoms with van der Waals surface area (Å²) < 4.78 is 30.4. The van der Waals surface area contributed by atoms with Crippen molar-refractivity contribution >= 4 is 11.8 Å². The maximum Gasteiger partial charge on any atom is 0.336 e. The van der Waals surface area contributed by atoms with Gasteiger partial charge in [0.1, 0.15) is 0 Å². The molecule has 2 rings (SSSR count). The van der Waals surface area contributed by atoms with Crippen molar-refractivity contribution in [2.75, 3.05) is 18.1 Å². The first-order chi connectivity index (χ1) is 6.63. The van der Waals surface area contributed by atoms with Crippen molar-refractivity contribution in [3.05, 3.63) is 11.7 Å². The lowest BCUT2D eigenvalue weighted by molar-refractivity contribution is -0.0260. The van der Waals surface area contributed by atoms with Gasteiger partial charge >= 0.3 is 5.92 Å². The number of nitrogens with zero attached hydrogens (tertiary/aromatic N) is 2. The minimum Gasteiger partial charge on any atom is -0.333 e. The average Bonchev–Trinajstić information content (AvgIpc) is 2.51. The number of rotatable bonds is 3. The fourth-order valence-corrected chi connectivity index (χ4v) is 1.79. The van der Waals surface area contributed by atoms with Crippen molar-refractivity contribution in [2.24, 2.45) is 5.73 Å². The van der Waals surface area contributed by atoms with Crippen molar-refractivity contribution in [1.82, 2.24) is 10.1 Å². The Bertz CT molecular complexity index is 326. The molecule has 2 heterocycles. The summed E-state index contributed by atoms with van der Waals surface area (Å²) in [6.07, 6.45) is 0. The molecule has 2 N–H and O–H groups in total. The third kappa shape index (κ3) is 1.61. The highest BCUT2D eigenvalue weighted by molar-refractivity contribution is 8.00. The van der Waals surface area contributed by atoms with E-state index in [2.05, 4.69) is 14.7 Å². The van der Waals surface area contributed by atoms with Gasteiger partial charge < -0.3 is 10.3 Å². The van der Waals surface area contributed by atoms with E-state index < -0.39 is 18.4 Å². The second-order valence-corrected chi connectivity index (χ2v) is 4.18. The highest BCUT2D eigenvalue weighted by Crippen LogP contribution is 2.33. The van der Waals surface area contributed by atoms with E-state index in [-0.39, 0.29) is 5.92 Å². The predicted octanol–water partition coefficient (Wildman–Crippen LogP) is 0.951. The molecule has 0 bridgehead atoms. The normalized spacial score (nSPS) is 18.2. The van der Waals surface area contributed by atoms with E-state index in [1.807, 2.05) is 0 Å². The number of hydrogen-bond acceptors (Lipinski definition) is 5. The molecule has 4 nitrogen and oxygen atoms in total. The Morgan fingerprint density at radius 3 is 2.79 bits per heavy atom. The molecule has 0 saturated carbocycles. The summed E-state index contributed by atoms with van der Waals surface area (Å²) in [5.41, 5.74) is 4.89. The van der Waals surface area contributed by atoms with E-state index in [1.54, 1.807) is 11.8 Å². The van der Waals surface area contributed by atoms with Gasteiger partial charge in [0.25, 0.3) is 5.89 Å². The van der Waals surface area contributed by atoms with Crippen molar-refractivity contribution in [2.45, 2.75) is 11.8 Å². The first-order valence-electron chi connectivity index (χ1n) is 4.13. The zero-order valence-corrected chi connectivity index (χ0v) is 8.06. The fourth-order valence-electron chi connectivity index (χ4n) is 1.02. The zero-order chi connectivity index (χ0) is 10.2. The molecule has 0 radical (unpaired) electrons. The van der Waals surface area contributed by atoms with Crippen LogP contribution in [-0.4, -0.2) is 28.2 Å². The molecule has 0 spiro atoms. The number of thioether (sulfide) groups is 1. The SMILES string of the molecule is NCC(F)(F)c1nc(C2CSC2)no1. The zero-order valence-electron chi connectivity index (χ0n) is 7.24. The standard InChI is InChI=1S/C7H9F2N3OS/c8-7(9,3-10)6-11-5(12-13-6)4-1-14-2-4/h4H,1-3,10H2. The lowest BCUT2D eigenvalue weighted by atomic mass is 10.2. The van der Waals surface area contributed by atoms with E-state index in [0.717, 1.165) is 11.5 Å². The smallest absolute Gasteiger partial charge is 0.333 e. The number of hydrogen-bond donors (Lipinski definition) is 1. The second kappa shape index (κ2) is 3.47. The van der Waals surface area contributed by atoms with Crippen LogP contribution in [0.15, 0.2) is 4.52 Å². The molecule has 7 heteroatoms. The van der Waals surface area contributed by atoms with Gasteiger partial charge in [-0.15, -0.1) is 0 Å². The summed E-state index contributed by atoms with van der Waals surface area (Å²) in [5, 5.41) is 3.52. The first-order valence-corrected chi connectivity index (χ1v) is 5.28. The molecule has 1 aliphatic heterocycles. The topological polar surface area (TPSA) is 64.9 Å². The number of aromatic nitrogens is 2. The van der Waals surface area contributed by atoms with E-state index in [1.165, 1.54) is 0 Å². The van der Waals surface area contributed by atoms with E-state index in [9.17, 15) is 8.78 Å². The quantitative estimate of drug-likeness (QED) is 0.823. The molecular weight excluding hydrogens is 212 g/mol. The molecule has 0 atom stereocenters. The van der Waals surface area contributed by atoms with Gasteiger partial charge in [-0.1, -0.05) is 5.16 Å². The lowest BCUT2D eigenvalue weighted by Crippen LogP contribution is -2.25. The monoisotopic (exact) mass is 221 g/mol. The third-order valence-corrected chi connectivity index (χ3v) is 3.29. The number of alkyl halides is 2. The molecule has 0 aliphatic carbocycles. The van der Waals surface area contributed by atoms with Crippen molar-refractivity contribution < 1.29 is 13.3 Å². The van der Waals surface area contributed by atoms with Crippen LogP contribution in [0.2, 0.25) is 0 Å². The van der Waals surface area contributed by atoms with Gasteiger partial charge in [-0.3, -0.25) is 0 Å². The molecule has 1 fully saturated rings. The van der Waals surface area contributed by atoms with Crippen LogP contribution in [-0.2, 0) is 5.92 Å². The van der Waals surface area contributed by atoms with Crippen LogP contribution in [0.4, 0.5) is 8.78 Å². The minimum atomic E-state index is -3.21. The van der Waals surface area contributed by atoms with Crippen molar-refractivity contribution in [3.8, 4) is 0 Å². The molecule has 14 heavy (non-hydrogen) atoms. The minimum absolute atomic E-state index is 0.158. The van der Waals surface area contributed by atoms with Crippen molar-refractivity contribution in [1.29, 1.82) is 0 Å². The molecule has 1 saturated heterocycles. The predicted molar refractivity (Wildman–Crippen MR) is 47.3 cm³/mol. The summed E-state index contributed by atoms with van der Waals surface area (Å²) >= 11 is 1.73. The van der Waals surface area contributed by atoms with E-state index in [0.29, 0.717) is 5.82 Å². The number of nitrogens with two attached hydrogens (primary N) is 1. The van der Waals surface area contributed by atoms with Gasteiger partial charge in [0.05, 0.1) is 6.54 Å². The number of halogens is 2. The summed E-state index contributed by atoms with van der Waals surface area (Å²) in [4.78, 5) is 3.65. The van der Waals surface area contributed by atoms with Crippen LogP contribution in [0.5, 0.6) is 0 Å². The van der Waals surface area contributed by atoms with Gasteiger partial charge in [-0.25, -0.2) is 0 Å². The molecule has 1 aromatic heterocycles.